The van der Waals surface area contributed by atoms with E-state index >= 15 is 0 Å². The van der Waals surface area contributed by atoms with Crippen molar-refractivity contribution in [3.63, 3.8) is 0 Å². The summed E-state index contributed by atoms with van der Waals surface area (Å²) in [6.45, 7) is 1.77. The SMILES string of the molecule is COc1c(C2(C(C)N)CC2)cc(F)c(F)c1F. The minimum absolute atomic E-state index is 0.237. The summed E-state index contributed by atoms with van der Waals surface area (Å²) in [4.78, 5) is 0. The van der Waals surface area contributed by atoms with Crippen molar-refractivity contribution in [2.24, 2.45) is 5.73 Å². The quantitative estimate of drug-likeness (QED) is 0.830. The Labute approximate surface area is 97.6 Å². The highest BCUT2D eigenvalue weighted by atomic mass is 19.2. The predicted octanol–water partition coefficient (Wildman–Crippen LogP) is 2.49. The van der Waals surface area contributed by atoms with Crippen LogP contribution in [0.25, 0.3) is 0 Å². The first kappa shape index (κ1) is 12.2. The Hall–Kier alpha value is -1.23. The molecular formula is C12H14F3NO. The van der Waals surface area contributed by atoms with Gasteiger partial charge in [-0.05, 0) is 25.8 Å². The molecule has 0 aliphatic heterocycles. The summed E-state index contributed by atoms with van der Waals surface area (Å²) >= 11 is 0. The van der Waals surface area contributed by atoms with Crippen molar-refractivity contribution in [2.75, 3.05) is 7.11 Å². The zero-order valence-corrected chi connectivity index (χ0v) is 9.69. The lowest BCUT2D eigenvalue weighted by Crippen LogP contribution is -2.32. The lowest BCUT2D eigenvalue weighted by molar-refractivity contribution is 0.347. The van der Waals surface area contributed by atoms with Gasteiger partial charge in [-0.3, -0.25) is 0 Å². The van der Waals surface area contributed by atoms with Crippen LogP contribution in [0.15, 0.2) is 6.07 Å². The molecule has 0 radical (unpaired) electrons. The van der Waals surface area contributed by atoms with Crippen molar-refractivity contribution in [1.82, 2.24) is 0 Å². The minimum Gasteiger partial charge on any atom is -0.493 e. The third kappa shape index (κ3) is 1.69. The van der Waals surface area contributed by atoms with Crippen LogP contribution in [0.2, 0.25) is 0 Å². The number of ether oxygens (including phenoxy) is 1. The normalized spacial score (nSPS) is 18.9. The molecule has 0 spiro atoms. The van der Waals surface area contributed by atoms with Gasteiger partial charge in [0.2, 0.25) is 5.82 Å². The minimum atomic E-state index is -1.51. The van der Waals surface area contributed by atoms with Gasteiger partial charge < -0.3 is 10.5 Å². The average molecular weight is 245 g/mol. The van der Waals surface area contributed by atoms with E-state index in [1.54, 1.807) is 6.92 Å². The van der Waals surface area contributed by atoms with Gasteiger partial charge in [0.1, 0.15) is 0 Å². The van der Waals surface area contributed by atoms with E-state index in [1.807, 2.05) is 0 Å². The first-order chi connectivity index (χ1) is 7.94. The fourth-order valence-electron chi connectivity index (χ4n) is 2.25. The molecule has 94 valence electrons. The molecule has 1 unspecified atom stereocenters. The van der Waals surface area contributed by atoms with Crippen molar-refractivity contribution < 1.29 is 17.9 Å². The Kier molecular flexibility index (Phi) is 2.81. The molecule has 0 bridgehead atoms. The third-order valence-electron chi connectivity index (χ3n) is 3.52. The summed E-state index contributed by atoms with van der Waals surface area (Å²) in [7, 11) is 1.23. The van der Waals surface area contributed by atoms with E-state index in [0.717, 1.165) is 18.9 Å². The highest BCUT2D eigenvalue weighted by Crippen LogP contribution is 2.54. The topological polar surface area (TPSA) is 35.2 Å². The monoisotopic (exact) mass is 245 g/mol. The molecule has 1 aromatic carbocycles. The van der Waals surface area contributed by atoms with Crippen LogP contribution in [0.3, 0.4) is 0 Å². The number of halogens is 3. The van der Waals surface area contributed by atoms with Crippen molar-refractivity contribution >= 4 is 0 Å². The Bertz CT molecular complexity index is 456. The molecule has 1 aromatic rings. The first-order valence-corrected chi connectivity index (χ1v) is 5.41. The Balaban J connectivity index is 2.62. The molecule has 0 saturated heterocycles. The van der Waals surface area contributed by atoms with Crippen molar-refractivity contribution in [1.29, 1.82) is 0 Å². The molecule has 2 rings (SSSR count). The largest absolute Gasteiger partial charge is 0.493 e. The van der Waals surface area contributed by atoms with E-state index in [1.165, 1.54) is 7.11 Å². The number of nitrogens with two attached hydrogens (primary N) is 1. The van der Waals surface area contributed by atoms with Gasteiger partial charge in [0.15, 0.2) is 17.4 Å². The molecular weight excluding hydrogens is 231 g/mol. The number of hydrogen-bond donors (Lipinski definition) is 1. The van der Waals surface area contributed by atoms with Gasteiger partial charge in [0.25, 0.3) is 0 Å². The van der Waals surface area contributed by atoms with E-state index in [9.17, 15) is 13.2 Å². The zero-order chi connectivity index (χ0) is 12.8. The van der Waals surface area contributed by atoms with Crippen LogP contribution in [-0.4, -0.2) is 13.2 Å². The Morgan fingerprint density at radius 3 is 2.29 bits per heavy atom. The summed E-state index contributed by atoms with van der Waals surface area (Å²) in [5, 5.41) is 0. The molecule has 2 nitrogen and oxygen atoms in total. The van der Waals surface area contributed by atoms with Gasteiger partial charge in [0, 0.05) is 17.0 Å². The van der Waals surface area contributed by atoms with Gasteiger partial charge >= 0.3 is 0 Å². The van der Waals surface area contributed by atoms with Crippen LogP contribution in [-0.2, 0) is 5.41 Å². The number of hydrogen-bond acceptors (Lipinski definition) is 2. The van der Waals surface area contributed by atoms with Crippen LogP contribution in [0.1, 0.15) is 25.3 Å². The smallest absolute Gasteiger partial charge is 0.203 e. The molecule has 1 aliphatic carbocycles. The summed E-state index contributed by atoms with van der Waals surface area (Å²) in [5.74, 6) is -4.23. The van der Waals surface area contributed by atoms with Crippen LogP contribution < -0.4 is 10.5 Å². The average Bonchev–Trinajstić information content (AvgIpc) is 3.06. The molecule has 1 atom stereocenters. The highest BCUT2D eigenvalue weighted by molar-refractivity contribution is 5.46. The molecule has 5 heteroatoms. The maximum atomic E-state index is 13.6. The highest BCUT2D eigenvalue weighted by Gasteiger charge is 2.50. The van der Waals surface area contributed by atoms with E-state index in [0.29, 0.717) is 5.56 Å². The molecule has 0 aromatic heterocycles. The Morgan fingerprint density at radius 2 is 1.88 bits per heavy atom. The molecule has 0 heterocycles. The van der Waals surface area contributed by atoms with Crippen molar-refractivity contribution in [3.05, 3.63) is 29.1 Å². The zero-order valence-electron chi connectivity index (χ0n) is 9.69. The number of rotatable bonds is 3. The molecule has 1 saturated carbocycles. The molecule has 1 fully saturated rings. The van der Waals surface area contributed by atoms with Gasteiger partial charge in [-0.2, -0.15) is 4.39 Å². The maximum Gasteiger partial charge on any atom is 0.203 e. The standard InChI is InChI=1S/C12H14F3NO/c1-6(16)12(3-4-12)7-5-8(13)9(14)10(15)11(7)17-2/h5-6H,3-4,16H2,1-2H3. The van der Waals surface area contributed by atoms with E-state index in [-0.39, 0.29) is 11.8 Å². The molecule has 2 N–H and O–H groups in total. The van der Waals surface area contributed by atoms with Crippen LogP contribution in [0.4, 0.5) is 13.2 Å². The first-order valence-electron chi connectivity index (χ1n) is 5.41. The summed E-state index contributed by atoms with van der Waals surface area (Å²) in [6.07, 6.45) is 1.46. The number of benzene rings is 1. The second-order valence-corrected chi connectivity index (χ2v) is 4.51. The fraction of sp³-hybridized carbons (Fsp3) is 0.500. The van der Waals surface area contributed by atoms with Gasteiger partial charge in [0.05, 0.1) is 7.11 Å². The van der Waals surface area contributed by atoms with E-state index in [4.69, 9.17) is 10.5 Å². The van der Waals surface area contributed by atoms with E-state index in [2.05, 4.69) is 0 Å². The van der Waals surface area contributed by atoms with Gasteiger partial charge in [-0.1, -0.05) is 0 Å². The molecule has 0 amide bonds. The third-order valence-corrected chi connectivity index (χ3v) is 3.52. The second kappa shape index (κ2) is 3.91. The molecule has 1 aliphatic rings. The predicted molar refractivity (Wildman–Crippen MR) is 57.4 cm³/mol. The lowest BCUT2D eigenvalue weighted by atomic mass is 9.88. The lowest BCUT2D eigenvalue weighted by Gasteiger charge is -2.23. The number of methoxy groups -OCH3 is 1. The van der Waals surface area contributed by atoms with Gasteiger partial charge in [-0.15, -0.1) is 0 Å². The van der Waals surface area contributed by atoms with Crippen LogP contribution >= 0.6 is 0 Å². The van der Waals surface area contributed by atoms with Crippen molar-refractivity contribution in [3.8, 4) is 5.75 Å². The molecule has 17 heavy (non-hydrogen) atoms. The van der Waals surface area contributed by atoms with E-state index < -0.39 is 22.9 Å². The Morgan fingerprint density at radius 1 is 1.29 bits per heavy atom. The van der Waals surface area contributed by atoms with Crippen molar-refractivity contribution in [2.45, 2.75) is 31.2 Å². The maximum absolute atomic E-state index is 13.6. The fourth-order valence-corrected chi connectivity index (χ4v) is 2.25. The summed E-state index contributed by atoms with van der Waals surface area (Å²) in [5.41, 5.74) is 5.67. The summed E-state index contributed by atoms with van der Waals surface area (Å²) < 4.78 is 44.8. The summed E-state index contributed by atoms with van der Waals surface area (Å²) in [6, 6.07) is 0.730. The second-order valence-electron chi connectivity index (χ2n) is 4.51. The van der Waals surface area contributed by atoms with Crippen LogP contribution in [0, 0.1) is 17.5 Å². The van der Waals surface area contributed by atoms with Gasteiger partial charge in [-0.25, -0.2) is 8.78 Å². The van der Waals surface area contributed by atoms with Crippen LogP contribution in [0.5, 0.6) is 5.75 Å².